The minimum absolute atomic E-state index is 0.0719. The third kappa shape index (κ3) is 5.84. The van der Waals surface area contributed by atoms with Gasteiger partial charge in [-0.3, -0.25) is 4.79 Å². The Hall–Kier alpha value is -3.32. The monoisotopic (exact) mass is 415 g/mol. The number of ether oxygens (including phenoxy) is 1. The molecule has 0 aliphatic rings. The fourth-order valence-corrected chi connectivity index (χ4v) is 3.10. The summed E-state index contributed by atoms with van der Waals surface area (Å²) in [5.41, 5.74) is 2.30. The largest absolute Gasteiger partial charge is 0.435 e. The zero-order chi connectivity index (χ0) is 21.5. The van der Waals surface area contributed by atoms with E-state index in [0.29, 0.717) is 5.69 Å². The molecule has 0 aliphatic heterocycles. The maximum Gasteiger partial charge on any atom is 0.387 e. The number of alkyl halides is 2. The van der Waals surface area contributed by atoms with Crippen molar-refractivity contribution >= 4 is 11.6 Å². The van der Waals surface area contributed by atoms with Crippen LogP contribution < -0.4 is 15.4 Å². The Morgan fingerprint density at radius 2 is 1.50 bits per heavy atom. The fraction of sp³-hybridized carbons (Fsp3) is 0.174. The van der Waals surface area contributed by atoms with Crippen molar-refractivity contribution in [2.45, 2.75) is 25.6 Å². The van der Waals surface area contributed by atoms with Crippen molar-refractivity contribution < 1.29 is 28.0 Å². The van der Waals surface area contributed by atoms with Crippen molar-refractivity contribution in [1.29, 1.82) is 0 Å². The van der Waals surface area contributed by atoms with Crippen molar-refractivity contribution in [3.05, 3.63) is 95.8 Å². The van der Waals surface area contributed by atoms with Gasteiger partial charge in [0.25, 0.3) is 5.91 Å². The molecular formula is C23H22F3N2O2+. The second kappa shape index (κ2) is 9.93. The molecule has 0 spiro atoms. The molecule has 3 rings (SSSR count). The first-order valence-corrected chi connectivity index (χ1v) is 9.43. The highest BCUT2D eigenvalue weighted by molar-refractivity contribution is 5.93. The van der Waals surface area contributed by atoms with Crippen molar-refractivity contribution in [2.24, 2.45) is 0 Å². The van der Waals surface area contributed by atoms with Crippen molar-refractivity contribution in [3.63, 3.8) is 0 Å². The van der Waals surface area contributed by atoms with Crippen LogP contribution in [0.1, 0.15) is 24.1 Å². The second-order valence-electron chi connectivity index (χ2n) is 6.81. The Kier molecular flexibility index (Phi) is 7.08. The van der Waals surface area contributed by atoms with Crippen LogP contribution in [0.25, 0.3) is 0 Å². The molecule has 0 bridgehead atoms. The average molecular weight is 415 g/mol. The van der Waals surface area contributed by atoms with Gasteiger partial charge in [-0.2, -0.15) is 8.78 Å². The Bertz CT molecular complexity index is 948. The smallest absolute Gasteiger partial charge is 0.387 e. The Morgan fingerprint density at radius 3 is 2.10 bits per heavy atom. The van der Waals surface area contributed by atoms with Crippen molar-refractivity contribution in [1.82, 2.24) is 0 Å². The van der Waals surface area contributed by atoms with Gasteiger partial charge in [-0.1, -0.05) is 30.3 Å². The van der Waals surface area contributed by atoms with Crippen LogP contribution in [0.2, 0.25) is 0 Å². The zero-order valence-electron chi connectivity index (χ0n) is 16.3. The lowest BCUT2D eigenvalue weighted by Gasteiger charge is -2.21. The van der Waals surface area contributed by atoms with E-state index in [4.69, 9.17) is 0 Å². The summed E-state index contributed by atoms with van der Waals surface area (Å²) in [6.07, 6.45) is 0. The van der Waals surface area contributed by atoms with E-state index in [1.54, 1.807) is 19.1 Å². The zero-order valence-corrected chi connectivity index (χ0v) is 16.3. The van der Waals surface area contributed by atoms with E-state index in [9.17, 15) is 18.0 Å². The molecule has 0 heterocycles. The minimum atomic E-state index is -2.89. The van der Waals surface area contributed by atoms with Gasteiger partial charge < -0.3 is 15.4 Å². The molecule has 156 valence electrons. The molecule has 4 nitrogen and oxygen atoms in total. The molecule has 0 aliphatic carbocycles. The lowest BCUT2D eigenvalue weighted by molar-refractivity contribution is -0.704. The van der Waals surface area contributed by atoms with Crippen LogP contribution in [0.5, 0.6) is 5.75 Å². The van der Waals surface area contributed by atoms with Crippen LogP contribution in [-0.2, 0) is 4.79 Å². The first kappa shape index (κ1) is 21.4. The van der Waals surface area contributed by atoms with Crippen LogP contribution in [0, 0.1) is 5.82 Å². The lowest BCUT2D eigenvalue weighted by atomic mass is 9.97. The van der Waals surface area contributed by atoms with Crippen LogP contribution in [0.4, 0.5) is 18.9 Å². The number of benzene rings is 3. The molecule has 2 atom stereocenters. The normalized spacial score (nSPS) is 13.0. The molecular weight excluding hydrogens is 393 g/mol. The maximum atomic E-state index is 13.1. The van der Waals surface area contributed by atoms with Gasteiger partial charge in [0.1, 0.15) is 17.6 Å². The molecule has 3 aromatic rings. The number of nitrogens with one attached hydrogen (secondary N) is 1. The molecule has 3 N–H and O–H groups in total. The van der Waals surface area contributed by atoms with E-state index in [1.165, 1.54) is 36.4 Å². The number of quaternary nitrogens is 1. The molecule has 0 saturated carbocycles. The Labute approximate surface area is 172 Å². The number of amides is 1. The molecule has 0 radical (unpaired) electrons. The summed E-state index contributed by atoms with van der Waals surface area (Å²) in [6, 6.07) is 20.8. The van der Waals surface area contributed by atoms with Gasteiger partial charge in [-0.25, -0.2) is 4.39 Å². The Balaban J connectivity index is 1.77. The molecule has 30 heavy (non-hydrogen) atoms. The first-order valence-electron chi connectivity index (χ1n) is 9.43. The van der Waals surface area contributed by atoms with Gasteiger partial charge in [0, 0.05) is 16.8 Å². The molecule has 1 amide bonds. The summed E-state index contributed by atoms with van der Waals surface area (Å²) in [5.74, 6) is -0.543. The van der Waals surface area contributed by atoms with Crippen LogP contribution in [0.3, 0.4) is 0 Å². The first-order chi connectivity index (χ1) is 14.4. The summed E-state index contributed by atoms with van der Waals surface area (Å²) in [7, 11) is 0. The van der Waals surface area contributed by atoms with E-state index in [0.717, 1.165) is 11.1 Å². The second-order valence-corrected chi connectivity index (χ2v) is 6.81. The average Bonchev–Trinajstić information content (AvgIpc) is 2.74. The number of carbonyl (C=O) groups is 1. The molecule has 0 aromatic heterocycles. The van der Waals surface area contributed by atoms with Gasteiger partial charge in [0.15, 0.2) is 6.04 Å². The van der Waals surface area contributed by atoms with E-state index >= 15 is 0 Å². The number of nitrogens with two attached hydrogens (primary N) is 1. The lowest BCUT2D eigenvalue weighted by Crippen LogP contribution is -2.92. The van der Waals surface area contributed by atoms with Crippen molar-refractivity contribution in [3.8, 4) is 5.75 Å². The highest BCUT2D eigenvalue weighted by Gasteiger charge is 2.25. The van der Waals surface area contributed by atoms with E-state index < -0.39 is 12.7 Å². The van der Waals surface area contributed by atoms with Crippen LogP contribution in [-0.4, -0.2) is 18.6 Å². The number of hydrogen-bond acceptors (Lipinski definition) is 2. The van der Waals surface area contributed by atoms with Gasteiger partial charge >= 0.3 is 6.61 Å². The van der Waals surface area contributed by atoms with E-state index in [1.807, 2.05) is 35.6 Å². The summed E-state index contributed by atoms with van der Waals surface area (Å²) >= 11 is 0. The van der Waals surface area contributed by atoms with Crippen LogP contribution in [0.15, 0.2) is 78.9 Å². The number of hydrogen-bond donors (Lipinski definition) is 2. The van der Waals surface area contributed by atoms with Crippen LogP contribution >= 0.6 is 0 Å². The number of rotatable bonds is 8. The summed E-state index contributed by atoms with van der Waals surface area (Å²) in [6.45, 7) is -1.12. The van der Waals surface area contributed by atoms with Gasteiger partial charge in [0.05, 0.1) is 0 Å². The minimum Gasteiger partial charge on any atom is -0.435 e. The van der Waals surface area contributed by atoms with E-state index in [2.05, 4.69) is 10.1 Å². The number of carbonyl (C=O) groups excluding carboxylic acids is 1. The summed E-state index contributed by atoms with van der Waals surface area (Å²) in [5, 5.41) is 4.65. The fourth-order valence-electron chi connectivity index (χ4n) is 3.10. The maximum absolute atomic E-state index is 13.1. The summed E-state index contributed by atoms with van der Waals surface area (Å²) < 4.78 is 42.3. The predicted octanol–water partition coefficient (Wildman–Crippen LogP) is 4.11. The quantitative estimate of drug-likeness (QED) is 0.582. The van der Waals surface area contributed by atoms with Gasteiger partial charge in [-0.15, -0.1) is 0 Å². The topological polar surface area (TPSA) is 54.9 Å². The van der Waals surface area contributed by atoms with E-state index in [-0.39, 0.29) is 23.5 Å². The molecule has 0 unspecified atom stereocenters. The molecule has 3 aromatic carbocycles. The Morgan fingerprint density at radius 1 is 0.900 bits per heavy atom. The molecule has 0 fully saturated rings. The van der Waals surface area contributed by atoms with Gasteiger partial charge in [-0.05, 0) is 55.5 Å². The highest BCUT2D eigenvalue weighted by Crippen LogP contribution is 2.22. The predicted molar refractivity (Wildman–Crippen MR) is 108 cm³/mol. The SMILES string of the molecule is C[C@@H]([NH2+][C@H](c1ccccc1)c1ccc(OC(F)F)cc1)C(=O)Nc1ccc(F)cc1. The molecule has 0 saturated heterocycles. The standard InChI is InChI=1S/C23H21F3N2O2/c1-15(22(29)28-19-11-9-18(24)10-12-19)27-21(16-5-3-2-4-6-16)17-7-13-20(14-8-17)30-23(25)26/h2-15,21,23,27H,1H3,(H,28,29)/p+1/t15-,21-/m1/s1. The van der Waals surface area contributed by atoms with Gasteiger partial charge in [0.2, 0.25) is 0 Å². The van der Waals surface area contributed by atoms with Crippen molar-refractivity contribution in [2.75, 3.05) is 5.32 Å². The third-order valence-corrected chi connectivity index (χ3v) is 4.63. The highest BCUT2D eigenvalue weighted by atomic mass is 19.3. The third-order valence-electron chi connectivity index (χ3n) is 4.63. The number of anilines is 1. The molecule has 7 heteroatoms. The summed E-state index contributed by atoms with van der Waals surface area (Å²) in [4.78, 5) is 12.6. The number of halogens is 3.